The SMILES string of the molecule is CC(C(=O)N1CCCN(c2ccc(C#N)cc2)CC1)N1C(=O)c2cccc([N+](=O)[O-])c2C1=O. The molecule has 4 rings (SSSR count). The van der Waals surface area contributed by atoms with Crippen LogP contribution in [-0.4, -0.2) is 64.7 Å². The Morgan fingerprint density at radius 1 is 1.06 bits per heavy atom. The minimum Gasteiger partial charge on any atom is -0.370 e. The van der Waals surface area contributed by atoms with Crippen LogP contribution in [0.4, 0.5) is 11.4 Å². The molecule has 2 aromatic carbocycles. The molecule has 2 aliphatic heterocycles. The minimum atomic E-state index is -1.08. The Morgan fingerprint density at radius 2 is 1.79 bits per heavy atom. The van der Waals surface area contributed by atoms with E-state index in [2.05, 4.69) is 11.0 Å². The standard InChI is InChI=1S/C23H21N5O5/c1-15(27-22(30)18-4-2-5-19(28(32)33)20(18)23(27)31)21(29)26-11-3-10-25(12-13-26)17-8-6-16(14-24)7-9-17/h2,4-9,15H,3,10-13H2,1H3. The van der Waals surface area contributed by atoms with Crippen LogP contribution in [0.15, 0.2) is 42.5 Å². The number of nitro benzene ring substituents is 1. The largest absolute Gasteiger partial charge is 0.370 e. The molecule has 1 fully saturated rings. The lowest BCUT2D eigenvalue weighted by atomic mass is 10.1. The first kappa shape index (κ1) is 22.0. The molecule has 2 heterocycles. The van der Waals surface area contributed by atoms with Crippen molar-refractivity contribution in [2.45, 2.75) is 19.4 Å². The van der Waals surface area contributed by atoms with Crippen molar-refractivity contribution in [3.8, 4) is 6.07 Å². The van der Waals surface area contributed by atoms with Gasteiger partial charge in [-0.05, 0) is 43.7 Å². The zero-order chi connectivity index (χ0) is 23.7. The van der Waals surface area contributed by atoms with Gasteiger partial charge in [-0.15, -0.1) is 0 Å². The van der Waals surface area contributed by atoms with Crippen molar-refractivity contribution in [2.24, 2.45) is 0 Å². The number of amides is 3. The van der Waals surface area contributed by atoms with Crippen molar-refractivity contribution in [1.82, 2.24) is 9.80 Å². The maximum atomic E-state index is 13.2. The first-order valence-electron chi connectivity index (χ1n) is 10.5. The van der Waals surface area contributed by atoms with Gasteiger partial charge >= 0.3 is 0 Å². The normalized spacial score (nSPS) is 16.8. The number of carbonyl (C=O) groups excluding carboxylic acids is 3. The van der Waals surface area contributed by atoms with Gasteiger partial charge in [0.15, 0.2) is 0 Å². The van der Waals surface area contributed by atoms with E-state index in [-0.39, 0.29) is 17.0 Å². The number of nitriles is 1. The van der Waals surface area contributed by atoms with Crippen molar-refractivity contribution in [1.29, 1.82) is 5.26 Å². The van der Waals surface area contributed by atoms with Crippen molar-refractivity contribution in [3.05, 3.63) is 69.3 Å². The molecule has 10 nitrogen and oxygen atoms in total. The molecule has 0 N–H and O–H groups in total. The molecule has 3 amide bonds. The molecule has 0 spiro atoms. The number of imide groups is 1. The summed E-state index contributed by atoms with van der Waals surface area (Å²) in [7, 11) is 0. The van der Waals surface area contributed by atoms with Crippen molar-refractivity contribution in [3.63, 3.8) is 0 Å². The van der Waals surface area contributed by atoms with Crippen LogP contribution in [0.5, 0.6) is 0 Å². The molecule has 0 aliphatic carbocycles. The quantitative estimate of drug-likeness (QED) is 0.399. The van der Waals surface area contributed by atoms with Crippen molar-refractivity contribution < 1.29 is 19.3 Å². The van der Waals surface area contributed by atoms with Crippen LogP contribution < -0.4 is 4.90 Å². The molecule has 1 saturated heterocycles. The zero-order valence-corrected chi connectivity index (χ0v) is 17.9. The van der Waals surface area contributed by atoms with E-state index in [0.717, 1.165) is 10.6 Å². The second-order valence-electron chi connectivity index (χ2n) is 7.94. The van der Waals surface area contributed by atoms with Crippen LogP contribution >= 0.6 is 0 Å². The summed E-state index contributed by atoms with van der Waals surface area (Å²) in [6.07, 6.45) is 0.687. The van der Waals surface area contributed by atoms with Crippen LogP contribution in [0.3, 0.4) is 0 Å². The second-order valence-corrected chi connectivity index (χ2v) is 7.94. The number of carbonyl (C=O) groups is 3. The number of hydrogen-bond acceptors (Lipinski definition) is 7. The number of anilines is 1. The summed E-state index contributed by atoms with van der Waals surface area (Å²) in [6, 6.07) is 12.1. The van der Waals surface area contributed by atoms with Crippen LogP contribution in [0.1, 0.15) is 39.6 Å². The van der Waals surface area contributed by atoms with E-state index in [1.54, 1.807) is 17.0 Å². The van der Waals surface area contributed by atoms with E-state index in [1.807, 2.05) is 12.1 Å². The lowest BCUT2D eigenvalue weighted by Crippen LogP contribution is -2.50. The highest BCUT2D eigenvalue weighted by Crippen LogP contribution is 2.32. The van der Waals surface area contributed by atoms with Gasteiger partial charge in [-0.25, -0.2) is 0 Å². The number of fused-ring (bicyclic) bond motifs is 1. The van der Waals surface area contributed by atoms with E-state index in [0.29, 0.717) is 38.2 Å². The highest BCUT2D eigenvalue weighted by Gasteiger charge is 2.45. The van der Waals surface area contributed by atoms with E-state index in [1.165, 1.54) is 25.1 Å². The summed E-state index contributed by atoms with van der Waals surface area (Å²) in [4.78, 5) is 54.2. The fourth-order valence-electron chi connectivity index (χ4n) is 4.31. The Bertz CT molecular complexity index is 1190. The van der Waals surface area contributed by atoms with Crippen LogP contribution in [-0.2, 0) is 4.79 Å². The van der Waals surface area contributed by atoms with Gasteiger partial charge in [-0.1, -0.05) is 6.07 Å². The lowest BCUT2D eigenvalue weighted by molar-refractivity contribution is -0.385. The third-order valence-corrected chi connectivity index (χ3v) is 6.03. The molecule has 10 heteroatoms. The van der Waals surface area contributed by atoms with E-state index >= 15 is 0 Å². The summed E-state index contributed by atoms with van der Waals surface area (Å²) in [6.45, 7) is 3.59. The fourth-order valence-corrected chi connectivity index (χ4v) is 4.31. The summed E-state index contributed by atoms with van der Waals surface area (Å²) in [5.74, 6) is -1.90. The maximum Gasteiger partial charge on any atom is 0.282 e. The van der Waals surface area contributed by atoms with Crippen molar-refractivity contribution in [2.75, 3.05) is 31.1 Å². The molecule has 0 saturated carbocycles. The molecule has 0 radical (unpaired) electrons. The highest BCUT2D eigenvalue weighted by molar-refractivity contribution is 6.24. The molecular weight excluding hydrogens is 426 g/mol. The Kier molecular flexibility index (Phi) is 5.79. The summed E-state index contributed by atoms with van der Waals surface area (Å²) < 4.78 is 0. The number of rotatable bonds is 4. The third kappa shape index (κ3) is 3.89. The molecule has 0 bridgehead atoms. The molecule has 2 aromatic rings. The second kappa shape index (κ2) is 8.70. The Labute approximate surface area is 189 Å². The van der Waals surface area contributed by atoms with Gasteiger partial charge in [0.1, 0.15) is 11.6 Å². The molecule has 2 aliphatic rings. The van der Waals surface area contributed by atoms with E-state index in [4.69, 9.17) is 5.26 Å². The predicted molar refractivity (Wildman–Crippen MR) is 118 cm³/mol. The lowest BCUT2D eigenvalue weighted by Gasteiger charge is -2.29. The van der Waals surface area contributed by atoms with E-state index in [9.17, 15) is 24.5 Å². The number of hydrogen-bond donors (Lipinski definition) is 0. The van der Waals surface area contributed by atoms with Crippen molar-refractivity contribution >= 4 is 29.1 Å². The maximum absolute atomic E-state index is 13.2. The Balaban J connectivity index is 1.49. The first-order valence-corrected chi connectivity index (χ1v) is 10.5. The van der Waals surface area contributed by atoms with Crippen LogP contribution in [0.25, 0.3) is 0 Å². The Morgan fingerprint density at radius 3 is 2.45 bits per heavy atom. The molecule has 33 heavy (non-hydrogen) atoms. The minimum absolute atomic E-state index is 0.0586. The molecule has 1 atom stereocenters. The van der Waals surface area contributed by atoms with Gasteiger partial charge in [0.2, 0.25) is 5.91 Å². The van der Waals surface area contributed by atoms with Gasteiger partial charge in [-0.2, -0.15) is 5.26 Å². The van der Waals surface area contributed by atoms with E-state index < -0.39 is 28.5 Å². The van der Waals surface area contributed by atoms with Crippen LogP contribution in [0.2, 0.25) is 0 Å². The molecular formula is C23H21N5O5. The average Bonchev–Trinajstić information content (AvgIpc) is 2.98. The molecule has 1 unspecified atom stereocenters. The zero-order valence-electron chi connectivity index (χ0n) is 17.9. The molecule has 0 aromatic heterocycles. The fraction of sp³-hybridized carbons (Fsp3) is 0.304. The summed E-state index contributed by atoms with van der Waals surface area (Å²) >= 11 is 0. The van der Waals surface area contributed by atoms with Crippen LogP contribution in [0, 0.1) is 21.4 Å². The third-order valence-electron chi connectivity index (χ3n) is 6.03. The summed E-state index contributed by atoms with van der Waals surface area (Å²) in [5, 5.41) is 20.3. The number of nitro groups is 1. The molecule has 168 valence electrons. The topological polar surface area (TPSA) is 128 Å². The van der Waals surface area contributed by atoms with Gasteiger partial charge in [0.25, 0.3) is 17.5 Å². The van der Waals surface area contributed by atoms with Gasteiger partial charge in [-0.3, -0.25) is 29.4 Å². The first-order chi connectivity index (χ1) is 15.8. The van der Waals surface area contributed by atoms with Gasteiger partial charge < -0.3 is 9.80 Å². The number of benzene rings is 2. The van der Waals surface area contributed by atoms with Gasteiger partial charge in [0, 0.05) is 37.9 Å². The van der Waals surface area contributed by atoms with Gasteiger partial charge in [0.05, 0.1) is 22.1 Å². The monoisotopic (exact) mass is 447 g/mol. The smallest absolute Gasteiger partial charge is 0.282 e. The average molecular weight is 447 g/mol. The summed E-state index contributed by atoms with van der Waals surface area (Å²) in [5.41, 5.74) is 0.747. The predicted octanol–water partition coefficient (Wildman–Crippen LogP) is 2.19. The Hall–Kier alpha value is -4.26. The highest BCUT2D eigenvalue weighted by atomic mass is 16.6. The number of nitrogens with zero attached hydrogens (tertiary/aromatic N) is 5.